The summed E-state index contributed by atoms with van der Waals surface area (Å²) in [6.45, 7) is 9.06. The predicted molar refractivity (Wildman–Crippen MR) is 184 cm³/mol. The van der Waals surface area contributed by atoms with Crippen molar-refractivity contribution in [2.24, 2.45) is 34.8 Å². The minimum atomic E-state index is -0.698. The van der Waals surface area contributed by atoms with Gasteiger partial charge in [-0.05, 0) is 19.3 Å². The number of carbonyl (C=O) groups is 9. The Bertz CT molecular complexity index is 1230. The molecule has 3 unspecified atom stereocenters. The van der Waals surface area contributed by atoms with Crippen LogP contribution in [-0.4, -0.2) is 125 Å². The molecule has 0 spiro atoms. The van der Waals surface area contributed by atoms with E-state index in [9.17, 15) is 43.2 Å². The minimum Gasteiger partial charge on any atom is -0.469 e. The van der Waals surface area contributed by atoms with Crippen molar-refractivity contribution >= 4 is 53.5 Å². The number of carbonyl (C=O) groups excluding carboxylic acids is 9. The molecule has 5 atom stereocenters. The largest absolute Gasteiger partial charge is 0.469 e. The first kappa shape index (κ1) is 51.3. The van der Waals surface area contributed by atoms with Gasteiger partial charge in [0.25, 0.3) is 0 Å². The quantitative estimate of drug-likeness (QED) is 0.0607. The molecular weight excluding hydrogens is 692 g/mol. The highest BCUT2D eigenvalue weighted by molar-refractivity contribution is 5.93. The second-order valence-electron chi connectivity index (χ2n) is 10.8. The van der Waals surface area contributed by atoms with Gasteiger partial charge in [0.15, 0.2) is 0 Å². The molecule has 0 aromatic carbocycles. The third kappa shape index (κ3) is 21.2. The Hall–Kier alpha value is -5.11. The molecule has 20 nitrogen and oxygen atoms in total. The highest BCUT2D eigenvalue weighted by atomic mass is 16.5. The van der Waals surface area contributed by atoms with E-state index >= 15 is 0 Å². The molecule has 0 radical (unpaired) electrons. The maximum absolute atomic E-state index is 11.6. The number of esters is 5. The molecule has 4 amide bonds. The van der Waals surface area contributed by atoms with Crippen molar-refractivity contribution in [3.8, 4) is 0 Å². The number of rotatable bonds is 17. The molecule has 52 heavy (non-hydrogen) atoms. The minimum absolute atomic E-state index is 0.0937. The van der Waals surface area contributed by atoms with Gasteiger partial charge in [-0.1, -0.05) is 27.4 Å². The van der Waals surface area contributed by atoms with E-state index in [1.165, 1.54) is 40.4 Å². The molecule has 0 aromatic rings. The molecule has 1 aliphatic rings. The monoisotopic (exact) mass is 748 g/mol. The molecule has 0 aromatic heterocycles. The van der Waals surface area contributed by atoms with Crippen molar-refractivity contribution in [2.45, 2.75) is 77.4 Å². The molecule has 1 saturated heterocycles. The molecule has 20 heteroatoms. The molecule has 1 rings (SSSR count). The standard InChI is InChI=1S/C11H20N2O5.C10H16N2O4.C7H10O4.C4H10N2O/c1-4-8(10(12)15)13-6-7(11(16)18-3)5-9(14)17-2;1-3-7(9(11)14)12-5-6(4-8(12)13)10(15)16-2;1-5(7(9)11-3)4-6(8)10-2;1-2-3(5)4(6)7/h7-8,13H,4-6H2,1-3H3,(H2,12,15);6-7H,3-5H2,1-2H3,(H2,11,14);1,4H2,2-3H3;3H,2,5H2,1H3,(H2,6,7)/t7?,8-;;;3-/m0..0/s1. The maximum atomic E-state index is 11.6. The zero-order chi connectivity index (χ0) is 41.1. The van der Waals surface area contributed by atoms with E-state index in [0.717, 1.165) is 0 Å². The van der Waals surface area contributed by atoms with Crippen LogP contribution in [0.3, 0.4) is 0 Å². The summed E-state index contributed by atoms with van der Waals surface area (Å²) in [5.41, 5.74) is 20.4. The number of hydrogen-bond donors (Lipinski definition) is 5. The van der Waals surface area contributed by atoms with Crippen LogP contribution >= 0.6 is 0 Å². The molecular formula is C32H56N6O14. The molecule has 298 valence electrons. The van der Waals surface area contributed by atoms with E-state index in [1.807, 2.05) is 6.92 Å². The molecule has 1 aliphatic heterocycles. The van der Waals surface area contributed by atoms with Gasteiger partial charge in [-0.25, -0.2) is 4.79 Å². The van der Waals surface area contributed by atoms with Gasteiger partial charge < -0.3 is 56.8 Å². The first-order valence-corrected chi connectivity index (χ1v) is 16.0. The van der Waals surface area contributed by atoms with Crippen LogP contribution in [0.2, 0.25) is 0 Å². The fourth-order valence-corrected chi connectivity index (χ4v) is 4.02. The van der Waals surface area contributed by atoms with E-state index in [2.05, 4.69) is 35.6 Å². The number of hydrogen-bond acceptors (Lipinski definition) is 16. The summed E-state index contributed by atoms with van der Waals surface area (Å²) >= 11 is 0. The Morgan fingerprint density at radius 1 is 0.788 bits per heavy atom. The fourth-order valence-electron chi connectivity index (χ4n) is 4.02. The average molecular weight is 749 g/mol. The van der Waals surface area contributed by atoms with Gasteiger partial charge in [0, 0.05) is 25.1 Å². The van der Waals surface area contributed by atoms with Gasteiger partial charge in [0.1, 0.15) is 6.04 Å². The summed E-state index contributed by atoms with van der Waals surface area (Å²) in [5.74, 6) is -5.43. The highest BCUT2D eigenvalue weighted by Crippen LogP contribution is 2.22. The Morgan fingerprint density at radius 2 is 1.35 bits per heavy atom. The number of nitrogens with zero attached hydrogens (tertiary/aromatic N) is 1. The fraction of sp³-hybridized carbons (Fsp3) is 0.656. The van der Waals surface area contributed by atoms with Crippen LogP contribution in [0.25, 0.3) is 0 Å². The lowest BCUT2D eigenvalue weighted by Gasteiger charge is -2.24. The first-order valence-electron chi connectivity index (χ1n) is 16.0. The van der Waals surface area contributed by atoms with Crippen molar-refractivity contribution in [3.05, 3.63) is 12.2 Å². The highest BCUT2D eigenvalue weighted by Gasteiger charge is 2.39. The van der Waals surface area contributed by atoms with Gasteiger partial charge in [0.05, 0.1) is 72.3 Å². The summed E-state index contributed by atoms with van der Waals surface area (Å²) < 4.78 is 22.3. The molecule has 0 bridgehead atoms. The van der Waals surface area contributed by atoms with Crippen LogP contribution in [0.4, 0.5) is 0 Å². The summed E-state index contributed by atoms with van der Waals surface area (Å²) in [6, 6.07) is -1.61. The normalized spacial score (nSPS) is 15.1. The third-order valence-electron chi connectivity index (χ3n) is 7.19. The van der Waals surface area contributed by atoms with Crippen molar-refractivity contribution in [3.63, 3.8) is 0 Å². The predicted octanol–water partition coefficient (Wildman–Crippen LogP) is -2.05. The van der Waals surface area contributed by atoms with E-state index in [-0.39, 0.29) is 43.8 Å². The van der Waals surface area contributed by atoms with Gasteiger partial charge in [-0.3, -0.25) is 38.4 Å². The second kappa shape index (κ2) is 28.6. The van der Waals surface area contributed by atoms with E-state index < -0.39 is 77.5 Å². The topological polar surface area (TPSA) is 319 Å². The summed E-state index contributed by atoms with van der Waals surface area (Å²) in [4.78, 5) is 100. The summed E-state index contributed by atoms with van der Waals surface area (Å²) in [6.07, 6.45) is 1.44. The van der Waals surface area contributed by atoms with E-state index in [1.54, 1.807) is 13.8 Å². The molecule has 0 saturated carbocycles. The number of nitrogens with two attached hydrogens (primary N) is 4. The lowest BCUT2D eigenvalue weighted by Crippen LogP contribution is -2.45. The maximum Gasteiger partial charge on any atom is 0.333 e. The van der Waals surface area contributed by atoms with Crippen LogP contribution in [0, 0.1) is 11.8 Å². The lowest BCUT2D eigenvalue weighted by molar-refractivity contribution is -0.152. The first-order chi connectivity index (χ1) is 24.3. The molecule has 0 aliphatic carbocycles. The van der Waals surface area contributed by atoms with E-state index in [4.69, 9.17) is 22.9 Å². The SMILES string of the molecule is C=C(CC(=O)OC)C(=O)OC.CCC(C(N)=O)N1CC(C(=O)OC)CC1=O.CC[C@H](N)C(N)=O.CC[C@H](NCC(CC(=O)OC)C(=O)OC)C(N)=O. The summed E-state index contributed by atoms with van der Waals surface area (Å²) in [5, 5.41) is 2.83. The molecule has 1 heterocycles. The van der Waals surface area contributed by atoms with E-state index in [0.29, 0.717) is 19.3 Å². The van der Waals surface area contributed by atoms with Gasteiger partial charge >= 0.3 is 29.8 Å². The summed E-state index contributed by atoms with van der Waals surface area (Å²) in [7, 11) is 6.22. The zero-order valence-corrected chi connectivity index (χ0v) is 31.2. The number of ether oxygens (including phenoxy) is 5. The van der Waals surface area contributed by atoms with Crippen LogP contribution in [0.1, 0.15) is 59.3 Å². The molecule has 1 fully saturated rings. The Labute approximate surface area is 303 Å². The van der Waals surface area contributed by atoms with Gasteiger partial charge in [-0.2, -0.15) is 0 Å². The average Bonchev–Trinajstić information content (AvgIpc) is 3.50. The van der Waals surface area contributed by atoms with Crippen LogP contribution in [0.5, 0.6) is 0 Å². The van der Waals surface area contributed by atoms with Gasteiger partial charge in [0.2, 0.25) is 23.6 Å². The number of nitrogens with one attached hydrogen (secondary N) is 1. The van der Waals surface area contributed by atoms with Crippen molar-refractivity contribution in [2.75, 3.05) is 48.6 Å². The van der Waals surface area contributed by atoms with Crippen molar-refractivity contribution in [1.29, 1.82) is 0 Å². The third-order valence-corrected chi connectivity index (χ3v) is 7.19. The lowest BCUT2D eigenvalue weighted by atomic mass is 10.0. The number of likely N-dealkylation sites (tertiary alicyclic amines) is 1. The Balaban J connectivity index is -0.000000648. The van der Waals surface area contributed by atoms with Crippen molar-refractivity contribution in [1.82, 2.24) is 10.2 Å². The van der Waals surface area contributed by atoms with Crippen molar-refractivity contribution < 1.29 is 66.8 Å². The number of methoxy groups -OCH3 is 5. The van der Waals surface area contributed by atoms with Gasteiger partial charge in [-0.15, -0.1) is 0 Å². The number of amides is 4. The van der Waals surface area contributed by atoms with Crippen LogP contribution < -0.4 is 28.3 Å². The van der Waals surface area contributed by atoms with Crippen LogP contribution in [0.15, 0.2) is 12.2 Å². The smallest absolute Gasteiger partial charge is 0.333 e. The van der Waals surface area contributed by atoms with Crippen LogP contribution in [-0.2, 0) is 66.8 Å². The Kier molecular flexibility index (Phi) is 28.2. The zero-order valence-electron chi connectivity index (χ0n) is 31.2. The molecule has 9 N–H and O–H groups in total. The second-order valence-corrected chi connectivity index (χ2v) is 10.8. The number of primary amides is 3. The Morgan fingerprint density at radius 3 is 1.69 bits per heavy atom.